The summed E-state index contributed by atoms with van der Waals surface area (Å²) in [6.07, 6.45) is -1.09. The number of pyridine rings is 1. The Bertz CT molecular complexity index is 1280. The number of hydrogen-bond acceptors (Lipinski definition) is 6. The minimum Gasteiger partial charge on any atom is -0.493 e. The number of halogens is 4. The Morgan fingerprint density at radius 3 is 2.73 bits per heavy atom. The Morgan fingerprint density at radius 1 is 1.32 bits per heavy atom. The summed E-state index contributed by atoms with van der Waals surface area (Å²) >= 11 is 0. The molecule has 4 rings (SSSR count). The fourth-order valence-corrected chi connectivity index (χ4v) is 4.48. The molecule has 3 heterocycles. The molecule has 0 spiro atoms. The molecule has 2 atom stereocenters. The Balaban J connectivity index is 1.56. The predicted octanol–water partition coefficient (Wildman–Crippen LogP) is 3.35. The van der Waals surface area contributed by atoms with Crippen molar-refractivity contribution in [2.24, 2.45) is 22.1 Å². The number of nitrogens with zero attached hydrogens (tertiary/aromatic N) is 2. The van der Waals surface area contributed by atoms with E-state index in [-0.39, 0.29) is 24.6 Å². The zero-order chi connectivity index (χ0) is 26.8. The van der Waals surface area contributed by atoms with Gasteiger partial charge in [0.05, 0.1) is 25.6 Å². The van der Waals surface area contributed by atoms with E-state index in [0.29, 0.717) is 23.3 Å². The molecule has 8 nitrogen and oxygen atoms in total. The van der Waals surface area contributed by atoms with E-state index >= 15 is 0 Å². The second-order valence-corrected chi connectivity index (χ2v) is 8.79. The van der Waals surface area contributed by atoms with Crippen LogP contribution in [0.4, 0.5) is 17.6 Å². The minimum atomic E-state index is -4.40. The largest absolute Gasteiger partial charge is 0.493 e. The number of nitrogens with one attached hydrogen (secondary N) is 1. The van der Waals surface area contributed by atoms with E-state index in [9.17, 15) is 27.2 Å². The van der Waals surface area contributed by atoms with Gasteiger partial charge in [0.1, 0.15) is 11.4 Å². The minimum absolute atomic E-state index is 0.0120. The first kappa shape index (κ1) is 26.1. The summed E-state index contributed by atoms with van der Waals surface area (Å²) in [7, 11) is 1.31. The quantitative estimate of drug-likeness (QED) is 0.544. The van der Waals surface area contributed by atoms with Crippen molar-refractivity contribution in [3.8, 4) is 22.8 Å². The monoisotopic (exact) mass is 520 g/mol. The van der Waals surface area contributed by atoms with Crippen LogP contribution in [0.3, 0.4) is 0 Å². The number of methoxy groups -OCH3 is 1. The number of fused-ring (bicyclic) bond motifs is 1. The van der Waals surface area contributed by atoms with Crippen molar-refractivity contribution >= 4 is 18.0 Å². The highest BCUT2D eigenvalue weighted by Crippen LogP contribution is 2.43. The van der Waals surface area contributed by atoms with Crippen molar-refractivity contribution < 1.29 is 36.6 Å². The van der Waals surface area contributed by atoms with Crippen LogP contribution in [-0.2, 0) is 16.0 Å². The smallest absolute Gasteiger partial charge is 0.390 e. The van der Waals surface area contributed by atoms with Crippen molar-refractivity contribution in [3.05, 3.63) is 53.6 Å². The molecule has 0 saturated heterocycles. The topological polar surface area (TPSA) is 116 Å². The fraction of sp³-hybridized carbons (Fsp3) is 0.360. The Hall–Kier alpha value is -3.96. The summed E-state index contributed by atoms with van der Waals surface area (Å²) in [4.78, 5) is 33.0. The summed E-state index contributed by atoms with van der Waals surface area (Å²) in [6.45, 7) is -0.464. The Morgan fingerprint density at radius 2 is 2.11 bits per heavy atom. The van der Waals surface area contributed by atoms with Gasteiger partial charge in [-0.05, 0) is 30.5 Å². The molecule has 196 valence electrons. The first-order valence-electron chi connectivity index (χ1n) is 11.4. The van der Waals surface area contributed by atoms with Crippen LogP contribution >= 0.6 is 0 Å². The van der Waals surface area contributed by atoms with Crippen LogP contribution in [0.1, 0.15) is 18.4 Å². The van der Waals surface area contributed by atoms with E-state index < -0.39 is 48.1 Å². The first-order chi connectivity index (χ1) is 17.5. The van der Waals surface area contributed by atoms with Crippen LogP contribution in [-0.4, -0.2) is 49.5 Å². The number of amides is 2. The van der Waals surface area contributed by atoms with E-state index in [2.05, 4.69) is 15.3 Å². The summed E-state index contributed by atoms with van der Waals surface area (Å²) in [5.41, 5.74) is 6.25. The molecule has 12 heteroatoms. The number of allylic oxidation sites excluding steroid dienone is 1. The molecule has 3 N–H and O–H groups in total. The van der Waals surface area contributed by atoms with Crippen molar-refractivity contribution in [3.63, 3.8) is 0 Å². The van der Waals surface area contributed by atoms with Crippen LogP contribution in [0, 0.1) is 17.2 Å². The van der Waals surface area contributed by atoms with Crippen LogP contribution in [0.15, 0.2) is 47.2 Å². The molecular weight excluding hydrogens is 496 g/mol. The summed E-state index contributed by atoms with van der Waals surface area (Å²) in [5, 5.41) is 2.17. The second kappa shape index (κ2) is 10.2. The van der Waals surface area contributed by atoms with Crippen molar-refractivity contribution in [2.75, 3.05) is 20.3 Å². The van der Waals surface area contributed by atoms with E-state index in [1.807, 2.05) is 0 Å². The van der Waals surface area contributed by atoms with E-state index in [1.165, 1.54) is 31.7 Å². The van der Waals surface area contributed by atoms with E-state index in [1.54, 1.807) is 18.2 Å². The van der Waals surface area contributed by atoms with E-state index in [4.69, 9.17) is 15.2 Å². The molecule has 0 saturated carbocycles. The third-order valence-corrected chi connectivity index (χ3v) is 6.52. The standard InChI is InChI=1S/C25H24F4N4O4/c1-36-22-18(26)9-14(11-32-22)16-3-2-4-20-17(16)10-15(12-37-20)24(23(30)35)6-5-19(33-13-24)21(34)31-8-7-25(27,28)29/h2-5,9,11,13,15H,6-8,10,12H2,1H3,(H2,30,35)(H,31,34)/t15-,24?/m1/s1. The van der Waals surface area contributed by atoms with Crippen molar-refractivity contribution in [1.29, 1.82) is 0 Å². The lowest BCUT2D eigenvalue weighted by Crippen LogP contribution is -2.49. The highest BCUT2D eigenvalue weighted by molar-refractivity contribution is 6.02. The average molecular weight is 520 g/mol. The molecule has 0 fully saturated rings. The van der Waals surface area contributed by atoms with Gasteiger partial charge in [0.15, 0.2) is 5.82 Å². The van der Waals surface area contributed by atoms with Gasteiger partial charge in [0.25, 0.3) is 5.91 Å². The van der Waals surface area contributed by atoms with Gasteiger partial charge in [-0.1, -0.05) is 18.2 Å². The molecule has 1 aromatic carbocycles. The number of carbonyl (C=O) groups is 2. The maximum Gasteiger partial charge on any atom is 0.390 e. The number of carbonyl (C=O) groups excluding carboxylic acids is 2. The molecular formula is C25H24F4N4O4. The zero-order valence-electron chi connectivity index (χ0n) is 19.8. The van der Waals surface area contributed by atoms with Crippen LogP contribution in [0.5, 0.6) is 11.6 Å². The molecule has 2 aliphatic rings. The number of ether oxygens (including phenoxy) is 2. The number of aromatic nitrogens is 1. The molecule has 0 bridgehead atoms. The molecule has 1 aromatic heterocycles. The third-order valence-electron chi connectivity index (χ3n) is 6.52. The maximum absolute atomic E-state index is 14.3. The number of hydrogen-bond donors (Lipinski definition) is 2. The Kier molecular flexibility index (Phi) is 7.19. The van der Waals surface area contributed by atoms with Crippen molar-refractivity contribution in [1.82, 2.24) is 10.3 Å². The summed E-state index contributed by atoms with van der Waals surface area (Å²) in [5.74, 6) is -2.15. The highest BCUT2D eigenvalue weighted by Gasteiger charge is 2.46. The van der Waals surface area contributed by atoms with Gasteiger partial charge in [-0.3, -0.25) is 14.6 Å². The van der Waals surface area contributed by atoms with Gasteiger partial charge in [0.2, 0.25) is 11.8 Å². The first-order valence-corrected chi connectivity index (χ1v) is 11.4. The van der Waals surface area contributed by atoms with Crippen molar-refractivity contribution in [2.45, 2.75) is 25.4 Å². The molecule has 37 heavy (non-hydrogen) atoms. The van der Waals surface area contributed by atoms with E-state index in [0.717, 1.165) is 5.56 Å². The molecule has 2 aromatic rings. The number of benzene rings is 1. The van der Waals surface area contributed by atoms with Gasteiger partial charge < -0.3 is 20.5 Å². The molecule has 2 aliphatic heterocycles. The van der Waals surface area contributed by atoms with Gasteiger partial charge in [-0.2, -0.15) is 13.2 Å². The summed E-state index contributed by atoms with van der Waals surface area (Å²) in [6, 6.07) is 6.60. The van der Waals surface area contributed by atoms with Crippen LogP contribution < -0.4 is 20.5 Å². The molecule has 2 amide bonds. The van der Waals surface area contributed by atoms with Gasteiger partial charge in [-0.15, -0.1) is 0 Å². The SMILES string of the molecule is COc1ncc(-c2cccc3c2C[C@@H](C2(C(N)=O)C=NC(C(=O)NCCC(F)(F)F)=CC2)CO3)cc1F. The number of alkyl halides is 3. The van der Waals surface area contributed by atoms with Gasteiger partial charge >= 0.3 is 6.18 Å². The van der Waals surface area contributed by atoms with Gasteiger partial charge in [0, 0.05) is 36.0 Å². The number of rotatable bonds is 7. The lowest BCUT2D eigenvalue weighted by molar-refractivity contribution is -0.135. The number of primary amides is 1. The highest BCUT2D eigenvalue weighted by atomic mass is 19.4. The van der Waals surface area contributed by atoms with Crippen LogP contribution in [0.2, 0.25) is 0 Å². The predicted molar refractivity (Wildman–Crippen MR) is 125 cm³/mol. The molecule has 0 radical (unpaired) electrons. The normalized spacial score (nSPS) is 20.9. The Labute approximate surface area is 209 Å². The number of aliphatic imine (C=N–C) groups is 1. The average Bonchev–Trinajstić information content (AvgIpc) is 2.87. The second-order valence-electron chi connectivity index (χ2n) is 8.79. The lowest BCUT2D eigenvalue weighted by atomic mass is 9.68. The third kappa shape index (κ3) is 5.42. The fourth-order valence-electron chi connectivity index (χ4n) is 4.48. The molecule has 1 unspecified atom stereocenters. The maximum atomic E-state index is 14.3. The van der Waals surface area contributed by atoms with Crippen LogP contribution in [0.25, 0.3) is 11.1 Å². The summed E-state index contributed by atoms with van der Waals surface area (Å²) < 4.78 is 62.2. The lowest BCUT2D eigenvalue weighted by Gasteiger charge is -2.39. The van der Waals surface area contributed by atoms with Gasteiger partial charge in [-0.25, -0.2) is 9.37 Å². The number of nitrogens with two attached hydrogens (primary N) is 1. The molecule has 0 aliphatic carbocycles. The zero-order valence-corrected chi connectivity index (χ0v) is 19.8.